The van der Waals surface area contributed by atoms with Crippen LogP contribution in [0.1, 0.15) is 68.4 Å². The van der Waals surface area contributed by atoms with Gasteiger partial charge in [-0.3, -0.25) is 9.59 Å². The molecule has 5 rings (SSSR count). The molecular formula is C31H32N6O7. The number of phenols is 1. The molecule has 0 radical (unpaired) electrons. The number of benzene rings is 2. The average Bonchev–Trinajstić information content (AvgIpc) is 3.76. The Morgan fingerprint density at radius 2 is 1.75 bits per heavy atom. The van der Waals surface area contributed by atoms with Crippen LogP contribution < -0.4 is 15.5 Å². The number of aromatic hydroxyl groups is 1. The zero-order valence-electron chi connectivity index (χ0n) is 24.5. The third kappa shape index (κ3) is 6.46. The molecule has 0 bridgehead atoms. The number of esters is 1. The fourth-order valence-corrected chi connectivity index (χ4v) is 4.53. The van der Waals surface area contributed by atoms with E-state index in [1.165, 1.54) is 35.1 Å². The molecule has 4 aromatic rings. The molecule has 228 valence electrons. The Kier molecular flexibility index (Phi) is 8.74. The molecule has 0 aliphatic heterocycles. The van der Waals surface area contributed by atoms with Gasteiger partial charge in [0, 0.05) is 24.3 Å². The largest absolute Gasteiger partial charge is 0.508 e. The van der Waals surface area contributed by atoms with Gasteiger partial charge in [-0.1, -0.05) is 13.0 Å². The number of hydrogen-bond acceptors (Lipinski definition) is 9. The van der Waals surface area contributed by atoms with Crippen LogP contribution in [0.3, 0.4) is 0 Å². The van der Waals surface area contributed by atoms with Gasteiger partial charge in [0.2, 0.25) is 6.79 Å². The molecule has 0 atom stereocenters. The standard InChI is InChI=1S/C31H32N6O7/c1-4-13-32-29(40)24-15-36-26(19(24)3)27(33-16-34-36)37(25-14-21(6-5-18(25)2)28(39)35-22-9-10-22)31(42)44-17-43-30(41)20-7-11-23(38)12-8-20/h5-8,11-12,14-16,22,38H,4,9-10,13,17H2,1-3H3,(H,32,40)(H,35,39). The molecule has 44 heavy (non-hydrogen) atoms. The first-order chi connectivity index (χ1) is 21.2. The zero-order chi connectivity index (χ0) is 31.4. The summed E-state index contributed by atoms with van der Waals surface area (Å²) in [6.07, 6.45) is 4.41. The zero-order valence-corrected chi connectivity index (χ0v) is 24.5. The lowest BCUT2D eigenvalue weighted by molar-refractivity contribution is -0.0000738. The summed E-state index contributed by atoms with van der Waals surface area (Å²) in [5, 5.41) is 19.5. The second-order valence-corrected chi connectivity index (χ2v) is 10.4. The van der Waals surface area contributed by atoms with Gasteiger partial charge in [-0.15, -0.1) is 0 Å². The molecule has 1 aliphatic carbocycles. The van der Waals surface area contributed by atoms with E-state index in [0.717, 1.165) is 24.2 Å². The minimum atomic E-state index is -0.954. The van der Waals surface area contributed by atoms with Crippen LogP contribution in [0.15, 0.2) is 55.0 Å². The molecule has 1 aliphatic rings. The molecule has 3 N–H and O–H groups in total. The first kappa shape index (κ1) is 30.0. The quantitative estimate of drug-likeness (QED) is 0.179. The highest BCUT2D eigenvalue weighted by Crippen LogP contribution is 2.34. The highest BCUT2D eigenvalue weighted by atomic mass is 16.7. The number of anilines is 2. The lowest BCUT2D eigenvalue weighted by Gasteiger charge is -2.24. The number of carbonyl (C=O) groups excluding carboxylic acids is 4. The second-order valence-electron chi connectivity index (χ2n) is 10.4. The maximum Gasteiger partial charge on any atom is 0.423 e. The fourth-order valence-electron chi connectivity index (χ4n) is 4.53. The predicted octanol–water partition coefficient (Wildman–Crippen LogP) is 4.17. The van der Waals surface area contributed by atoms with Crippen molar-refractivity contribution in [1.82, 2.24) is 25.2 Å². The van der Waals surface area contributed by atoms with E-state index in [2.05, 4.69) is 20.7 Å². The van der Waals surface area contributed by atoms with Crippen molar-refractivity contribution in [1.29, 1.82) is 0 Å². The molecule has 0 spiro atoms. The van der Waals surface area contributed by atoms with Crippen LogP contribution in [0.4, 0.5) is 16.3 Å². The molecule has 1 saturated carbocycles. The van der Waals surface area contributed by atoms with Gasteiger partial charge < -0.3 is 25.2 Å². The molecule has 13 heteroatoms. The number of carbonyl (C=O) groups is 4. The van der Waals surface area contributed by atoms with E-state index in [1.54, 1.807) is 38.2 Å². The van der Waals surface area contributed by atoms with Gasteiger partial charge in [-0.2, -0.15) is 5.10 Å². The number of aromatic nitrogens is 3. The van der Waals surface area contributed by atoms with E-state index >= 15 is 0 Å². The predicted molar refractivity (Wildman–Crippen MR) is 159 cm³/mol. The molecular weight excluding hydrogens is 568 g/mol. The molecule has 2 aromatic heterocycles. The van der Waals surface area contributed by atoms with Crippen molar-refractivity contribution in [3.05, 3.63) is 82.8 Å². The highest BCUT2D eigenvalue weighted by molar-refractivity contribution is 6.05. The van der Waals surface area contributed by atoms with Crippen LogP contribution in [-0.2, 0) is 9.47 Å². The van der Waals surface area contributed by atoms with E-state index in [-0.39, 0.29) is 35.0 Å². The van der Waals surface area contributed by atoms with E-state index in [4.69, 9.17) is 9.47 Å². The van der Waals surface area contributed by atoms with Gasteiger partial charge in [-0.25, -0.2) is 24.0 Å². The van der Waals surface area contributed by atoms with Crippen molar-refractivity contribution < 1.29 is 33.8 Å². The lowest BCUT2D eigenvalue weighted by Crippen LogP contribution is -2.31. The van der Waals surface area contributed by atoms with Crippen molar-refractivity contribution in [2.45, 2.75) is 46.1 Å². The van der Waals surface area contributed by atoms with E-state index < -0.39 is 18.9 Å². The van der Waals surface area contributed by atoms with Gasteiger partial charge in [0.05, 0.1) is 16.8 Å². The van der Waals surface area contributed by atoms with Crippen LogP contribution in [-0.4, -0.2) is 63.0 Å². The van der Waals surface area contributed by atoms with Crippen LogP contribution in [0.25, 0.3) is 5.52 Å². The first-order valence-corrected chi connectivity index (χ1v) is 14.1. The first-order valence-electron chi connectivity index (χ1n) is 14.1. The third-order valence-electron chi connectivity index (χ3n) is 7.08. The smallest absolute Gasteiger partial charge is 0.423 e. The summed E-state index contributed by atoms with van der Waals surface area (Å²) >= 11 is 0. The number of nitrogens with zero attached hydrogens (tertiary/aromatic N) is 4. The Bertz CT molecular complexity index is 1730. The average molecular weight is 601 g/mol. The van der Waals surface area contributed by atoms with Crippen LogP contribution in [0, 0.1) is 13.8 Å². The Labute approximate surface area is 252 Å². The Morgan fingerprint density at radius 1 is 1.02 bits per heavy atom. The number of nitrogens with one attached hydrogen (secondary N) is 2. The topological polar surface area (TPSA) is 164 Å². The SMILES string of the molecule is CCCNC(=O)c1cn2ncnc(N(C(=O)OCOC(=O)c3ccc(O)cc3)c3cc(C(=O)NC4CC4)ccc3C)c2c1C. The minimum absolute atomic E-state index is 0.0186. The van der Waals surface area contributed by atoms with Crippen molar-refractivity contribution in [3.8, 4) is 5.75 Å². The van der Waals surface area contributed by atoms with Crippen LogP contribution in [0.2, 0.25) is 0 Å². The van der Waals surface area contributed by atoms with Crippen LogP contribution >= 0.6 is 0 Å². The Balaban J connectivity index is 1.51. The normalized spacial score (nSPS) is 12.4. The Hall–Kier alpha value is -5.46. The summed E-state index contributed by atoms with van der Waals surface area (Å²) in [5.41, 5.74) is 2.62. The van der Waals surface area contributed by atoms with Crippen molar-refractivity contribution in [2.24, 2.45) is 0 Å². The van der Waals surface area contributed by atoms with E-state index in [0.29, 0.717) is 40.0 Å². The second kappa shape index (κ2) is 12.8. The number of aryl methyl sites for hydroxylation is 2. The summed E-state index contributed by atoms with van der Waals surface area (Å²) in [6, 6.07) is 10.4. The molecule has 1 fully saturated rings. The summed E-state index contributed by atoms with van der Waals surface area (Å²) in [4.78, 5) is 57.7. The summed E-state index contributed by atoms with van der Waals surface area (Å²) < 4.78 is 12.0. The van der Waals surface area contributed by atoms with Crippen LogP contribution in [0.5, 0.6) is 5.75 Å². The summed E-state index contributed by atoms with van der Waals surface area (Å²) in [5.74, 6) is -1.29. The maximum absolute atomic E-state index is 13.8. The van der Waals surface area contributed by atoms with Crippen molar-refractivity contribution >= 4 is 40.9 Å². The number of amides is 3. The fraction of sp³-hybridized carbons (Fsp3) is 0.290. The van der Waals surface area contributed by atoms with Crippen molar-refractivity contribution in [3.63, 3.8) is 0 Å². The molecule has 0 unspecified atom stereocenters. The van der Waals surface area contributed by atoms with Gasteiger partial charge in [0.1, 0.15) is 17.6 Å². The number of ether oxygens (including phenoxy) is 2. The monoisotopic (exact) mass is 600 g/mol. The number of rotatable bonds is 10. The third-order valence-corrected chi connectivity index (χ3v) is 7.08. The molecule has 13 nitrogen and oxygen atoms in total. The number of fused-ring (bicyclic) bond motifs is 1. The van der Waals surface area contributed by atoms with Crippen molar-refractivity contribution in [2.75, 3.05) is 18.2 Å². The van der Waals surface area contributed by atoms with Gasteiger partial charge in [0.25, 0.3) is 11.8 Å². The van der Waals surface area contributed by atoms with E-state index in [1.807, 2.05) is 6.92 Å². The molecule has 2 heterocycles. The molecule has 2 aromatic carbocycles. The number of hydrogen-bond donors (Lipinski definition) is 3. The molecule has 3 amide bonds. The highest BCUT2D eigenvalue weighted by Gasteiger charge is 2.30. The Morgan fingerprint density at radius 3 is 2.45 bits per heavy atom. The summed E-state index contributed by atoms with van der Waals surface area (Å²) in [6.45, 7) is 5.18. The maximum atomic E-state index is 13.8. The van der Waals surface area contributed by atoms with Gasteiger partial charge >= 0.3 is 12.1 Å². The number of phenolic OH excluding ortho intramolecular Hbond substituents is 1. The van der Waals surface area contributed by atoms with E-state index in [9.17, 15) is 24.3 Å². The van der Waals surface area contributed by atoms with Gasteiger partial charge in [0.15, 0.2) is 5.82 Å². The summed E-state index contributed by atoms with van der Waals surface area (Å²) in [7, 11) is 0. The minimum Gasteiger partial charge on any atom is -0.508 e. The lowest BCUT2D eigenvalue weighted by atomic mass is 10.1. The molecule has 0 saturated heterocycles. The van der Waals surface area contributed by atoms with Gasteiger partial charge in [-0.05, 0) is 80.6 Å².